The number of hydrogen-bond acceptors (Lipinski definition) is 6. The van der Waals surface area contributed by atoms with E-state index in [1.165, 1.54) is 17.5 Å². The summed E-state index contributed by atoms with van der Waals surface area (Å²) in [5.74, 6) is -0.772. The van der Waals surface area contributed by atoms with E-state index in [-0.39, 0.29) is 0 Å². The molecule has 0 bridgehead atoms. The van der Waals surface area contributed by atoms with Crippen molar-refractivity contribution in [3.05, 3.63) is 58.6 Å². The van der Waals surface area contributed by atoms with Gasteiger partial charge in [0.25, 0.3) is 0 Å². The van der Waals surface area contributed by atoms with Crippen LogP contribution in [0.2, 0.25) is 5.15 Å². The van der Waals surface area contributed by atoms with Crippen molar-refractivity contribution in [2.45, 2.75) is 63.1 Å². The summed E-state index contributed by atoms with van der Waals surface area (Å²) in [6.45, 7) is 3.76. The van der Waals surface area contributed by atoms with Crippen molar-refractivity contribution in [2.24, 2.45) is 0 Å². The average Bonchev–Trinajstić information content (AvgIpc) is 3.33. The van der Waals surface area contributed by atoms with E-state index in [1.54, 1.807) is 0 Å². The van der Waals surface area contributed by atoms with Crippen molar-refractivity contribution in [3.8, 4) is 0 Å². The van der Waals surface area contributed by atoms with Crippen molar-refractivity contribution in [1.29, 1.82) is 0 Å². The maximum absolute atomic E-state index is 11.2. The zero-order valence-electron chi connectivity index (χ0n) is 16.7. The lowest BCUT2D eigenvalue weighted by atomic mass is 9.85. The van der Waals surface area contributed by atoms with Gasteiger partial charge in [-0.1, -0.05) is 29.8 Å². The number of rotatable bonds is 3. The topological polar surface area (TPSA) is 78.6 Å². The molecule has 6 rings (SSSR count). The summed E-state index contributed by atoms with van der Waals surface area (Å²) in [7, 11) is 0. The van der Waals surface area contributed by atoms with Crippen LogP contribution in [0.5, 0.6) is 0 Å². The van der Waals surface area contributed by atoms with Crippen molar-refractivity contribution in [3.63, 3.8) is 0 Å². The van der Waals surface area contributed by atoms with E-state index >= 15 is 0 Å². The lowest BCUT2D eigenvalue weighted by Gasteiger charge is -2.28. The third-order valence-electron chi connectivity index (χ3n) is 6.35. The van der Waals surface area contributed by atoms with Crippen LogP contribution in [0.25, 0.3) is 11.0 Å². The smallest absolute Gasteiger partial charge is 0.164 e. The molecule has 30 heavy (non-hydrogen) atoms. The van der Waals surface area contributed by atoms with Gasteiger partial charge >= 0.3 is 0 Å². The van der Waals surface area contributed by atoms with Gasteiger partial charge in [-0.2, -0.15) is 0 Å². The first-order chi connectivity index (χ1) is 14.4. The Bertz CT molecular complexity index is 1150. The maximum Gasteiger partial charge on any atom is 0.164 e. The highest BCUT2D eigenvalue weighted by molar-refractivity contribution is 6.33. The van der Waals surface area contributed by atoms with Gasteiger partial charge in [0, 0.05) is 6.20 Å². The van der Waals surface area contributed by atoms with Gasteiger partial charge in [-0.25, -0.2) is 9.97 Å². The Morgan fingerprint density at radius 2 is 1.93 bits per heavy atom. The summed E-state index contributed by atoms with van der Waals surface area (Å²) < 4.78 is 20.6. The third-order valence-corrected chi connectivity index (χ3v) is 6.65. The molecule has 8 heteroatoms. The fourth-order valence-corrected chi connectivity index (χ4v) is 5.01. The summed E-state index contributed by atoms with van der Waals surface area (Å²) in [6, 6.07) is 8.01. The van der Waals surface area contributed by atoms with Crippen LogP contribution >= 0.6 is 11.6 Å². The average molecular weight is 428 g/mol. The second-order valence-corrected chi connectivity index (χ2v) is 9.01. The highest BCUT2D eigenvalue weighted by atomic mass is 35.5. The fraction of sp³-hybridized carbons (Fsp3) is 0.455. The summed E-state index contributed by atoms with van der Waals surface area (Å²) in [5.41, 5.74) is 4.15. The van der Waals surface area contributed by atoms with Gasteiger partial charge in [0.1, 0.15) is 41.5 Å². The molecule has 0 radical (unpaired) electrons. The lowest BCUT2D eigenvalue weighted by Crippen LogP contribution is -2.34. The molecule has 1 aromatic carbocycles. The molecular weight excluding hydrogens is 406 g/mol. The quantitative estimate of drug-likeness (QED) is 0.646. The Morgan fingerprint density at radius 1 is 1.13 bits per heavy atom. The van der Waals surface area contributed by atoms with Crippen molar-refractivity contribution >= 4 is 22.6 Å². The molecule has 2 fully saturated rings. The second-order valence-electron chi connectivity index (χ2n) is 8.65. The van der Waals surface area contributed by atoms with E-state index in [1.807, 2.05) is 36.7 Å². The molecule has 0 saturated carbocycles. The van der Waals surface area contributed by atoms with Crippen LogP contribution in [0.3, 0.4) is 0 Å². The normalized spacial score (nSPS) is 30.1. The minimum absolute atomic E-state index is 0.385. The number of benzene rings is 1. The summed E-state index contributed by atoms with van der Waals surface area (Å²) in [5, 5.41) is 12.4. The van der Waals surface area contributed by atoms with E-state index in [0.717, 1.165) is 23.8 Å². The first-order valence-corrected chi connectivity index (χ1v) is 10.6. The highest BCUT2D eigenvalue weighted by Crippen LogP contribution is 2.47. The molecule has 4 heterocycles. The van der Waals surface area contributed by atoms with Crippen LogP contribution in [0.4, 0.5) is 0 Å². The Morgan fingerprint density at radius 3 is 2.70 bits per heavy atom. The molecule has 2 aromatic heterocycles. The second kappa shape index (κ2) is 6.48. The summed E-state index contributed by atoms with van der Waals surface area (Å²) in [6.07, 6.45) is 2.73. The number of aromatic nitrogens is 3. The minimum Gasteiger partial charge on any atom is -0.386 e. The van der Waals surface area contributed by atoms with Crippen LogP contribution in [-0.2, 0) is 27.1 Å². The summed E-state index contributed by atoms with van der Waals surface area (Å²) >= 11 is 6.22. The molecule has 3 aliphatic rings. The Balaban J connectivity index is 1.38. The number of aryl methyl sites for hydroxylation is 2. The van der Waals surface area contributed by atoms with Crippen molar-refractivity contribution in [2.75, 3.05) is 0 Å². The van der Waals surface area contributed by atoms with Gasteiger partial charge in [-0.05, 0) is 49.4 Å². The lowest BCUT2D eigenvalue weighted by molar-refractivity contribution is -0.207. The first kappa shape index (κ1) is 18.7. The fourth-order valence-electron chi connectivity index (χ4n) is 4.82. The standard InChI is InChI=1S/C22H22ClN3O4/c1-22(2)29-17-16(15(27)13-6-4-11-3-5-12(11)9-13)28-21(18(17)30-22)26-8-7-14-19(23)24-10-25-20(14)26/h4,6-10,15-18,21,27H,3,5H2,1-2H3/t15?,16-,17+,18+,21+/m0/s1. The maximum atomic E-state index is 11.2. The van der Waals surface area contributed by atoms with Gasteiger partial charge < -0.3 is 23.9 Å². The number of nitrogens with zero attached hydrogens (tertiary/aromatic N) is 3. The molecular formula is C22H22ClN3O4. The molecule has 3 aromatic rings. The van der Waals surface area contributed by atoms with Gasteiger partial charge in [0.2, 0.25) is 0 Å². The number of aliphatic hydroxyl groups is 1. The summed E-state index contributed by atoms with van der Waals surface area (Å²) in [4.78, 5) is 8.43. The number of aliphatic hydroxyl groups excluding tert-OH is 1. The molecule has 156 valence electrons. The molecule has 1 unspecified atom stereocenters. The van der Waals surface area contributed by atoms with Gasteiger partial charge in [-0.3, -0.25) is 0 Å². The number of fused-ring (bicyclic) bond motifs is 3. The van der Waals surface area contributed by atoms with Crippen molar-refractivity contribution in [1.82, 2.24) is 14.5 Å². The largest absolute Gasteiger partial charge is 0.386 e. The van der Waals surface area contributed by atoms with E-state index in [4.69, 9.17) is 25.8 Å². The number of ether oxygens (including phenoxy) is 3. The van der Waals surface area contributed by atoms with E-state index in [2.05, 4.69) is 22.1 Å². The predicted octanol–water partition coefficient (Wildman–Crippen LogP) is 3.33. The minimum atomic E-state index is -0.828. The molecule has 0 spiro atoms. The molecule has 1 N–H and O–H groups in total. The molecule has 0 amide bonds. The highest BCUT2D eigenvalue weighted by Gasteiger charge is 2.58. The van der Waals surface area contributed by atoms with E-state index < -0.39 is 36.4 Å². The monoisotopic (exact) mass is 427 g/mol. The van der Waals surface area contributed by atoms with E-state index in [9.17, 15) is 5.11 Å². The van der Waals surface area contributed by atoms with Gasteiger partial charge in [0.05, 0.1) is 5.39 Å². The molecule has 1 aliphatic carbocycles. The first-order valence-electron chi connectivity index (χ1n) is 10.2. The SMILES string of the molecule is CC1(C)O[C@@H]2[C@H](O1)[C@H](C(O)c1ccc3c(c1)CC3)O[C@H]2n1ccc2c(Cl)ncnc21. The Kier molecular flexibility index (Phi) is 4.04. The van der Waals surface area contributed by atoms with Crippen LogP contribution in [0.1, 0.15) is 42.9 Å². The van der Waals surface area contributed by atoms with Crippen LogP contribution < -0.4 is 0 Å². The van der Waals surface area contributed by atoms with Crippen LogP contribution in [0.15, 0.2) is 36.8 Å². The van der Waals surface area contributed by atoms with E-state index in [0.29, 0.717) is 10.8 Å². The molecule has 2 aliphatic heterocycles. The number of hydrogen-bond donors (Lipinski definition) is 1. The zero-order valence-corrected chi connectivity index (χ0v) is 17.4. The third kappa shape index (κ3) is 2.73. The molecule has 2 saturated heterocycles. The predicted molar refractivity (Wildman–Crippen MR) is 109 cm³/mol. The zero-order chi connectivity index (χ0) is 20.6. The number of halogens is 1. The van der Waals surface area contributed by atoms with Crippen LogP contribution in [0, 0.1) is 0 Å². The van der Waals surface area contributed by atoms with Crippen molar-refractivity contribution < 1.29 is 19.3 Å². The van der Waals surface area contributed by atoms with Gasteiger partial charge in [0.15, 0.2) is 12.0 Å². The molecule has 7 nitrogen and oxygen atoms in total. The van der Waals surface area contributed by atoms with Crippen LogP contribution in [-0.4, -0.2) is 43.7 Å². The molecule has 5 atom stereocenters. The Labute approximate surface area is 178 Å². The van der Waals surface area contributed by atoms with Gasteiger partial charge in [-0.15, -0.1) is 0 Å². The Hall–Kier alpha value is -2.03.